The van der Waals surface area contributed by atoms with Crippen LogP contribution in [0.4, 0.5) is 0 Å². The molecule has 0 fully saturated rings. The Balaban J connectivity index is 2.07. The lowest BCUT2D eigenvalue weighted by atomic mass is 10.1. The predicted octanol–water partition coefficient (Wildman–Crippen LogP) is 3.09. The van der Waals surface area contributed by atoms with Crippen LogP contribution in [0.15, 0.2) is 60.7 Å². The van der Waals surface area contributed by atoms with Crippen molar-refractivity contribution in [3.05, 3.63) is 60.7 Å². The van der Waals surface area contributed by atoms with E-state index in [0.717, 1.165) is 0 Å². The summed E-state index contributed by atoms with van der Waals surface area (Å²) in [7, 11) is 1.52. The van der Waals surface area contributed by atoms with Crippen LogP contribution < -0.4 is 9.47 Å². The first kappa shape index (κ1) is 18.0. The van der Waals surface area contributed by atoms with Gasteiger partial charge >= 0.3 is 0 Å². The van der Waals surface area contributed by atoms with E-state index in [1.807, 2.05) is 48.5 Å². The molecule has 0 aliphatic carbocycles. The zero-order valence-corrected chi connectivity index (χ0v) is 13.9. The van der Waals surface area contributed by atoms with Gasteiger partial charge in [-0.1, -0.05) is 36.4 Å². The van der Waals surface area contributed by atoms with Crippen LogP contribution in [-0.2, 0) is 14.3 Å². The summed E-state index contributed by atoms with van der Waals surface area (Å²) in [5, 5.41) is 0. The molecule has 2 aromatic carbocycles. The van der Waals surface area contributed by atoms with E-state index < -0.39 is 12.2 Å². The highest BCUT2D eigenvalue weighted by molar-refractivity contribution is 5.81. The third-order valence-corrected chi connectivity index (χ3v) is 3.30. The molecule has 2 unspecified atom stereocenters. The van der Waals surface area contributed by atoms with Crippen LogP contribution in [-0.4, -0.2) is 38.5 Å². The van der Waals surface area contributed by atoms with E-state index in [9.17, 15) is 4.79 Å². The summed E-state index contributed by atoms with van der Waals surface area (Å²) in [6, 6.07) is 18.5. The first-order chi connectivity index (χ1) is 11.7. The number of Topliss-reactive ketones (excluding diaryl/α,β-unsaturated/α-hetero) is 1. The Morgan fingerprint density at radius 3 is 2.08 bits per heavy atom. The number of ether oxygens (including phenoxy) is 4. The molecule has 5 nitrogen and oxygen atoms in total. The van der Waals surface area contributed by atoms with Gasteiger partial charge in [0.25, 0.3) is 0 Å². The molecule has 0 radical (unpaired) electrons. The van der Waals surface area contributed by atoms with Gasteiger partial charge in [-0.3, -0.25) is 4.79 Å². The lowest BCUT2D eigenvalue weighted by Gasteiger charge is -2.26. The van der Waals surface area contributed by atoms with Crippen molar-refractivity contribution in [2.45, 2.75) is 19.1 Å². The van der Waals surface area contributed by atoms with Crippen molar-refractivity contribution in [1.29, 1.82) is 0 Å². The minimum Gasteiger partial charge on any atom is -0.491 e. The van der Waals surface area contributed by atoms with Crippen molar-refractivity contribution in [2.75, 3.05) is 20.5 Å². The van der Waals surface area contributed by atoms with E-state index in [2.05, 4.69) is 0 Å². The maximum Gasteiger partial charge on any atom is 0.186 e. The smallest absolute Gasteiger partial charge is 0.186 e. The number of ketones is 1. The van der Waals surface area contributed by atoms with Gasteiger partial charge in [-0.15, -0.1) is 0 Å². The van der Waals surface area contributed by atoms with E-state index in [1.54, 1.807) is 12.1 Å². The molecule has 0 saturated heterocycles. The van der Waals surface area contributed by atoms with E-state index in [1.165, 1.54) is 14.0 Å². The minimum atomic E-state index is -0.786. The average molecular weight is 330 g/mol. The third-order valence-electron chi connectivity index (χ3n) is 3.30. The van der Waals surface area contributed by atoms with Crippen LogP contribution in [0.25, 0.3) is 0 Å². The highest BCUT2D eigenvalue weighted by Gasteiger charge is 2.29. The summed E-state index contributed by atoms with van der Waals surface area (Å²) >= 11 is 0. The lowest BCUT2D eigenvalue weighted by molar-refractivity contribution is -0.144. The third kappa shape index (κ3) is 5.68. The van der Waals surface area contributed by atoms with Crippen LogP contribution in [0, 0.1) is 0 Å². The van der Waals surface area contributed by atoms with Crippen LogP contribution in [0.3, 0.4) is 0 Å². The van der Waals surface area contributed by atoms with Gasteiger partial charge in [-0.05, 0) is 31.2 Å². The molecular formula is C19H22O5. The van der Waals surface area contributed by atoms with E-state index >= 15 is 0 Å². The van der Waals surface area contributed by atoms with Crippen molar-refractivity contribution in [3.8, 4) is 11.5 Å². The van der Waals surface area contributed by atoms with Crippen LogP contribution in [0.1, 0.15) is 6.92 Å². The second kappa shape index (κ2) is 9.70. The summed E-state index contributed by atoms with van der Waals surface area (Å²) in [6.07, 6.45) is -1.38. The maximum atomic E-state index is 12.1. The van der Waals surface area contributed by atoms with Gasteiger partial charge in [0.1, 0.15) is 31.0 Å². The van der Waals surface area contributed by atoms with Gasteiger partial charge in [0, 0.05) is 7.11 Å². The molecule has 0 saturated carbocycles. The lowest BCUT2D eigenvalue weighted by Crippen LogP contribution is -2.43. The molecule has 2 aromatic rings. The molecule has 24 heavy (non-hydrogen) atoms. The Morgan fingerprint density at radius 1 is 0.958 bits per heavy atom. The fourth-order valence-corrected chi connectivity index (χ4v) is 2.14. The van der Waals surface area contributed by atoms with Crippen LogP contribution in [0.5, 0.6) is 11.5 Å². The Labute approximate surface area is 142 Å². The first-order valence-electron chi connectivity index (χ1n) is 7.71. The standard InChI is InChI=1S/C19H22O5/c1-15(20)19(24-17-11-7-4-8-12-17)18(23-14-21-2)13-22-16-9-5-3-6-10-16/h3-12,18-19H,13-14H2,1-2H3. The van der Waals surface area contributed by atoms with E-state index in [-0.39, 0.29) is 19.2 Å². The van der Waals surface area contributed by atoms with Gasteiger partial charge in [0.15, 0.2) is 11.9 Å². The van der Waals surface area contributed by atoms with Crippen LogP contribution >= 0.6 is 0 Å². The number of benzene rings is 2. The second-order valence-electron chi connectivity index (χ2n) is 5.20. The van der Waals surface area contributed by atoms with Crippen molar-refractivity contribution < 1.29 is 23.7 Å². The Bertz CT molecular complexity index is 600. The summed E-state index contributed by atoms with van der Waals surface area (Å²) in [6.45, 7) is 1.69. The maximum absolute atomic E-state index is 12.1. The van der Waals surface area contributed by atoms with Gasteiger partial charge in [-0.25, -0.2) is 0 Å². The predicted molar refractivity (Wildman–Crippen MR) is 90.2 cm³/mol. The van der Waals surface area contributed by atoms with Crippen molar-refractivity contribution >= 4 is 5.78 Å². The van der Waals surface area contributed by atoms with Gasteiger partial charge in [0.05, 0.1) is 0 Å². The Kier molecular flexibility index (Phi) is 7.26. The number of methoxy groups -OCH3 is 1. The molecule has 0 heterocycles. The van der Waals surface area contributed by atoms with Crippen molar-refractivity contribution in [1.82, 2.24) is 0 Å². The highest BCUT2D eigenvalue weighted by Crippen LogP contribution is 2.17. The zero-order chi connectivity index (χ0) is 17.2. The highest BCUT2D eigenvalue weighted by atomic mass is 16.7. The summed E-state index contributed by atoms with van der Waals surface area (Å²) in [4.78, 5) is 12.1. The largest absolute Gasteiger partial charge is 0.491 e. The van der Waals surface area contributed by atoms with Crippen molar-refractivity contribution in [2.24, 2.45) is 0 Å². The average Bonchev–Trinajstić information content (AvgIpc) is 2.62. The van der Waals surface area contributed by atoms with Crippen molar-refractivity contribution in [3.63, 3.8) is 0 Å². The van der Waals surface area contributed by atoms with Gasteiger partial charge in [0.2, 0.25) is 0 Å². The van der Waals surface area contributed by atoms with E-state index in [4.69, 9.17) is 18.9 Å². The second-order valence-corrected chi connectivity index (χ2v) is 5.20. The number of para-hydroxylation sites is 2. The van der Waals surface area contributed by atoms with Gasteiger partial charge < -0.3 is 18.9 Å². The molecule has 0 spiro atoms. The molecule has 0 bridgehead atoms. The Morgan fingerprint density at radius 2 is 1.54 bits per heavy atom. The fraction of sp³-hybridized carbons (Fsp3) is 0.316. The molecule has 0 aliphatic rings. The van der Waals surface area contributed by atoms with E-state index in [0.29, 0.717) is 11.5 Å². The number of carbonyl (C=O) groups is 1. The molecule has 0 aromatic heterocycles. The summed E-state index contributed by atoms with van der Waals surface area (Å²) < 4.78 is 22.1. The normalized spacial score (nSPS) is 13.1. The monoisotopic (exact) mass is 330 g/mol. The Hall–Kier alpha value is -2.37. The number of carbonyl (C=O) groups excluding carboxylic acids is 1. The first-order valence-corrected chi connectivity index (χ1v) is 7.71. The molecule has 5 heteroatoms. The minimum absolute atomic E-state index is 0.0464. The fourth-order valence-electron chi connectivity index (χ4n) is 2.14. The summed E-state index contributed by atoms with van der Waals surface area (Å²) in [5.41, 5.74) is 0. The molecule has 2 atom stereocenters. The SMILES string of the molecule is COCOC(COc1ccccc1)C(Oc1ccccc1)C(C)=O. The summed E-state index contributed by atoms with van der Waals surface area (Å²) in [5.74, 6) is 1.16. The number of rotatable bonds is 10. The molecule has 2 rings (SSSR count). The zero-order valence-electron chi connectivity index (χ0n) is 13.9. The van der Waals surface area contributed by atoms with Gasteiger partial charge in [-0.2, -0.15) is 0 Å². The molecule has 128 valence electrons. The topological polar surface area (TPSA) is 54.0 Å². The molecule has 0 N–H and O–H groups in total. The number of hydrogen-bond acceptors (Lipinski definition) is 5. The quantitative estimate of drug-likeness (QED) is 0.627. The molecular weight excluding hydrogens is 308 g/mol. The number of hydrogen-bond donors (Lipinski definition) is 0. The molecule has 0 amide bonds. The van der Waals surface area contributed by atoms with Crippen LogP contribution in [0.2, 0.25) is 0 Å². The molecule has 0 aliphatic heterocycles.